The minimum absolute atomic E-state index is 0. The third kappa shape index (κ3) is 17.8. The molecule has 1 saturated heterocycles. The van der Waals surface area contributed by atoms with Crippen molar-refractivity contribution in [2.45, 2.75) is 57.3 Å². The van der Waals surface area contributed by atoms with Gasteiger partial charge in [0.25, 0.3) is 23.5 Å². The molecule has 0 bridgehead atoms. The van der Waals surface area contributed by atoms with Crippen molar-refractivity contribution >= 4 is 75.1 Å². The molecule has 1 fully saturated rings. The predicted molar refractivity (Wildman–Crippen MR) is 173 cm³/mol. The molecule has 0 spiro atoms. The van der Waals surface area contributed by atoms with Gasteiger partial charge in [-0.2, -0.15) is 0 Å². The number of carbonyl (C=O) groups excluding carboxylic acids is 3. The van der Waals surface area contributed by atoms with Crippen molar-refractivity contribution in [3.05, 3.63) is 12.7 Å². The molecule has 2 aromatic rings. The largest absolute Gasteiger partial charge is 1.00 e. The van der Waals surface area contributed by atoms with Crippen LogP contribution in [-0.2, 0) is 55.5 Å². The second-order valence-electron chi connectivity index (χ2n) is 11.8. The molecule has 0 saturated carbocycles. The van der Waals surface area contributed by atoms with Gasteiger partial charge in [0.2, 0.25) is 11.8 Å². The first kappa shape index (κ1) is 55.8. The van der Waals surface area contributed by atoms with Gasteiger partial charge in [0, 0.05) is 30.7 Å². The van der Waals surface area contributed by atoms with Crippen molar-refractivity contribution in [2.24, 2.45) is 5.41 Å². The standard InChI is InChI=1S/C24H38N7O19P3S.3Li/c1-24(2,19(37)22(38)27-4-3-13(32)26-5-6-54-15(35)7-14(33)34)9-47-53(44,45)50-52(42,43)46-8-12-18(49-51(39,40)41)17(36)23(48-12)31-11-30-16-20(25)28-10-29-21(16)31;;;/h10-12,17-19,23,36-37H,3-9H2,1-2H3,(H,26,32)(H,27,38)(H,33,34)(H,42,43)(H,44,45)(H2,25,28,29)(H2,39,40,41);;;/q;3*+1/p-3. The fourth-order valence-electron chi connectivity index (χ4n) is 4.45. The van der Waals surface area contributed by atoms with Crippen LogP contribution in [0.5, 0.6) is 0 Å². The zero-order chi connectivity index (χ0) is 40.6. The number of aromatic nitrogens is 4. The van der Waals surface area contributed by atoms with E-state index in [2.05, 4.69) is 43.5 Å². The summed E-state index contributed by atoms with van der Waals surface area (Å²) in [6.45, 7) is -0.217. The number of hydrogen-bond acceptors (Lipinski definition) is 22. The van der Waals surface area contributed by atoms with E-state index in [9.17, 15) is 62.7 Å². The number of anilines is 1. The van der Waals surface area contributed by atoms with Crippen LogP contribution in [0, 0.1) is 5.41 Å². The Morgan fingerprint density at radius 1 is 1.05 bits per heavy atom. The first-order valence-electron chi connectivity index (χ1n) is 15.1. The Kier molecular flexibility index (Phi) is 23.2. The van der Waals surface area contributed by atoms with Gasteiger partial charge in [0.05, 0.1) is 19.5 Å². The van der Waals surface area contributed by atoms with Crippen molar-refractivity contribution in [3.8, 4) is 0 Å². The maximum absolute atomic E-state index is 12.5. The number of hydrogen-bond donors (Lipinski definition) is 7. The van der Waals surface area contributed by atoms with E-state index >= 15 is 0 Å². The molecule has 0 radical (unpaired) electrons. The molecule has 0 aromatic carbocycles. The maximum Gasteiger partial charge on any atom is 1.00 e. The van der Waals surface area contributed by atoms with Crippen molar-refractivity contribution in [2.75, 3.05) is 37.8 Å². The quantitative estimate of drug-likeness (QED) is 0.0265. The summed E-state index contributed by atoms with van der Waals surface area (Å²) < 4.78 is 60.5. The van der Waals surface area contributed by atoms with Gasteiger partial charge in [0.15, 0.2) is 22.8 Å². The SMILES string of the molecule is CC(C)(COP(=O)([O-])OP(=O)([O-])OCC1OC(n2cnc3c(N)ncnc32)C(O)C1OP(=O)([O-])O)C(O)C(=O)NCCC(=O)NCCSC(=O)CC(=O)O.[Li+].[Li+].[Li+]. The van der Waals surface area contributed by atoms with Crippen LogP contribution >= 0.6 is 35.2 Å². The number of rotatable bonds is 21. The van der Waals surface area contributed by atoms with E-state index in [-0.39, 0.29) is 98.8 Å². The number of nitrogen functional groups attached to an aromatic ring is 1. The zero-order valence-electron chi connectivity index (χ0n) is 31.0. The number of carboxylic acid groups (broad SMARTS) is 1. The van der Waals surface area contributed by atoms with Crippen LogP contribution in [0.4, 0.5) is 5.82 Å². The number of aliphatic hydroxyl groups is 2. The Morgan fingerprint density at radius 2 is 1.68 bits per heavy atom. The fourth-order valence-corrected chi connectivity index (χ4v) is 7.85. The normalized spacial score (nSPS) is 21.6. The summed E-state index contributed by atoms with van der Waals surface area (Å²) in [5.41, 5.74) is 4.04. The van der Waals surface area contributed by atoms with Crippen LogP contribution in [0.1, 0.15) is 32.9 Å². The Labute approximate surface area is 363 Å². The molecule has 304 valence electrons. The number of fused-ring (bicyclic) bond motifs is 1. The fraction of sp³-hybridized carbons (Fsp3) is 0.625. The number of aliphatic hydroxyl groups excluding tert-OH is 2. The molecular formula is C24H35Li3N7O19P3S. The average Bonchev–Trinajstić information content (AvgIpc) is 3.60. The third-order valence-electron chi connectivity index (χ3n) is 7.04. The van der Waals surface area contributed by atoms with Gasteiger partial charge < -0.3 is 69.6 Å². The Hall–Kier alpha value is -1.18. The molecule has 1 aliphatic heterocycles. The summed E-state index contributed by atoms with van der Waals surface area (Å²) >= 11 is 0.708. The number of phosphoric ester groups is 3. The van der Waals surface area contributed by atoms with E-state index in [1.807, 2.05) is 0 Å². The van der Waals surface area contributed by atoms with E-state index in [0.29, 0.717) is 11.8 Å². The van der Waals surface area contributed by atoms with Gasteiger partial charge in [-0.15, -0.1) is 0 Å². The number of nitrogens with two attached hydrogens (primary N) is 1. The topological polar surface area (TPSA) is 409 Å². The van der Waals surface area contributed by atoms with Gasteiger partial charge in [-0.05, 0) is 0 Å². The summed E-state index contributed by atoms with van der Waals surface area (Å²) in [5.74, 6) is -2.89. The van der Waals surface area contributed by atoms with E-state index < -0.39 is 102 Å². The monoisotopic (exact) mass is 871 g/mol. The number of aliphatic carboxylic acids is 1. The van der Waals surface area contributed by atoms with Gasteiger partial charge in [0.1, 0.15) is 42.7 Å². The molecule has 1 aliphatic rings. The number of carboxylic acids is 1. The van der Waals surface area contributed by atoms with Crippen LogP contribution in [0.2, 0.25) is 0 Å². The number of imidazole rings is 1. The smallest absolute Gasteiger partial charge is 0.756 e. The van der Waals surface area contributed by atoms with Crippen LogP contribution < -0.4 is 87.6 Å². The minimum atomic E-state index is -5.91. The third-order valence-corrected chi connectivity index (χ3v) is 10.9. The molecule has 2 aromatic heterocycles. The summed E-state index contributed by atoms with van der Waals surface area (Å²) in [6.07, 6.45) is -8.26. The van der Waals surface area contributed by atoms with Crippen molar-refractivity contribution < 1.29 is 147 Å². The maximum atomic E-state index is 12.5. The van der Waals surface area contributed by atoms with E-state index in [0.717, 1.165) is 17.2 Å². The van der Waals surface area contributed by atoms with E-state index in [4.69, 9.17) is 15.6 Å². The van der Waals surface area contributed by atoms with Crippen LogP contribution in [0.3, 0.4) is 0 Å². The van der Waals surface area contributed by atoms with Crippen molar-refractivity contribution in [1.82, 2.24) is 30.2 Å². The Bertz CT molecular complexity index is 1850. The van der Waals surface area contributed by atoms with Crippen LogP contribution in [-0.4, -0.2) is 119 Å². The van der Waals surface area contributed by atoms with Crippen LogP contribution in [0.25, 0.3) is 11.2 Å². The number of amides is 2. The molecule has 3 heterocycles. The summed E-state index contributed by atoms with van der Waals surface area (Å²) in [7, 11) is -17.4. The predicted octanol–water partition coefficient (Wildman–Crippen LogP) is -12.7. The molecule has 2 amide bonds. The van der Waals surface area contributed by atoms with Gasteiger partial charge in [-0.3, -0.25) is 37.4 Å². The molecular weight excluding hydrogens is 836 g/mol. The van der Waals surface area contributed by atoms with Crippen LogP contribution in [0.15, 0.2) is 12.7 Å². The average molecular weight is 871 g/mol. The molecule has 26 nitrogen and oxygen atoms in total. The van der Waals surface area contributed by atoms with Gasteiger partial charge in [-0.25, -0.2) is 19.3 Å². The number of phosphoric acid groups is 3. The Balaban J connectivity index is 0.0000105. The minimum Gasteiger partial charge on any atom is -0.756 e. The second-order valence-corrected chi connectivity index (χ2v) is 17.1. The number of nitrogens with zero attached hydrogens (tertiary/aromatic N) is 4. The zero-order valence-corrected chi connectivity index (χ0v) is 34.5. The Morgan fingerprint density at radius 3 is 2.30 bits per heavy atom. The molecule has 8 atom stereocenters. The number of nitrogens with one attached hydrogen (secondary N) is 2. The summed E-state index contributed by atoms with van der Waals surface area (Å²) in [6, 6.07) is 0. The van der Waals surface area contributed by atoms with E-state index in [1.165, 1.54) is 13.8 Å². The second kappa shape index (κ2) is 23.7. The van der Waals surface area contributed by atoms with Gasteiger partial charge in [-0.1, -0.05) is 25.6 Å². The van der Waals surface area contributed by atoms with Gasteiger partial charge >= 0.3 is 62.6 Å². The number of ether oxygens (including phenoxy) is 1. The molecule has 57 heavy (non-hydrogen) atoms. The van der Waals surface area contributed by atoms with E-state index in [1.54, 1.807) is 0 Å². The molecule has 3 rings (SSSR count). The number of carbonyl (C=O) groups is 4. The summed E-state index contributed by atoms with van der Waals surface area (Å²) in [4.78, 5) is 103. The molecule has 0 aliphatic carbocycles. The number of thioether (sulfide) groups is 1. The first-order valence-corrected chi connectivity index (χ1v) is 20.5. The molecule has 33 heteroatoms. The van der Waals surface area contributed by atoms with Crippen molar-refractivity contribution in [1.29, 1.82) is 0 Å². The van der Waals surface area contributed by atoms with Crippen molar-refractivity contribution in [3.63, 3.8) is 0 Å². The summed E-state index contributed by atoms with van der Waals surface area (Å²) in [5, 5.41) is 33.9. The first-order chi connectivity index (χ1) is 24.9. The molecule has 8 N–H and O–H groups in total. The molecule has 8 unspecified atom stereocenters.